The number of methoxy groups -OCH3 is 1. The van der Waals surface area contributed by atoms with Crippen molar-refractivity contribution in [3.05, 3.63) is 22.4 Å². The van der Waals surface area contributed by atoms with E-state index < -0.39 is 0 Å². The van der Waals surface area contributed by atoms with Gasteiger partial charge in [-0.25, -0.2) is 4.98 Å². The van der Waals surface area contributed by atoms with Gasteiger partial charge in [0.15, 0.2) is 5.78 Å². The number of nitrogens with one attached hydrogen (secondary N) is 1. The Morgan fingerprint density at radius 1 is 1.71 bits per heavy atom. The van der Waals surface area contributed by atoms with Crippen LogP contribution < -0.4 is 10.1 Å². The molecule has 5 heteroatoms. The molecule has 1 rings (SSSR count). The lowest BCUT2D eigenvalue weighted by Gasteiger charge is -2.07. The molecule has 1 aromatic rings. The third-order valence-corrected chi connectivity index (χ3v) is 2.30. The minimum atomic E-state index is -0.0516. The molecule has 0 bridgehead atoms. The van der Waals surface area contributed by atoms with Crippen molar-refractivity contribution < 1.29 is 9.53 Å². The highest BCUT2D eigenvalue weighted by Crippen LogP contribution is 2.24. The number of carbonyl (C=O) groups excluding carboxylic acids is 1. The lowest BCUT2D eigenvalue weighted by molar-refractivity contribution is 0.0989. The van der Waals surface area contributed by atoms with Gasteiger partial charge in [0.25, 0.3) is 0 Å². The van der Waals surface area contributed by atoms with Gasteiger partial charge in [-0.1, -0.05) is 0 Å². The summed E-state index contributed by atoms with van der Waals surface area (Å²) < 4.78 is 5.59. The first kappa shape index (κ1) is 11.1. The number of hydrogen-bond donors (Lipinski definition) is 1. The summed E-state index contributed by atoms with van der Waals surface area (Å²) in [6, 6.07) is 1.66. The predicted molar refractivity (Wildman–Crippen MR) is 56.7 cm³/mol. The molecule has 0 spiro atoms. The zero-order valence-corrected chi connectivity index (χ0v) is 9.59. The molecule has 1 N–H and O–H groups in total. The van der Waals surface area contributed by atoms with Gasteiger partial charge in [-0.3, -0.25) is 4.79 Å². The number of likely N-dealkylation sites (N-methyl/N-ethyl adjacent to an activating group) is 1. The molecule has 0 amide bonds. The molecule has 0 fully saturated rings. The fourth-order valence-corrected chi connectivity index (χ4v) is 1.63. The zero-order valence-electron chi connectivity index (χ0n) is 8.00. The van der Waals surface area contributed by atoms with Crippen LogP contribution in [0.4, 0.5) is 0 Å². The number of Topliss-reactive ketones (excluding diaryl/α,β-unsaturated/α-hetero) is 1. The molecule has 0 aliphatic heterocycles. The van der Waals surface area contributed by atoms with Crippen molar-refractivity contribution in [2.75, 3.05) is 20.7 Å². The van der Waals surface area contributed by atoms with Gasteiger partial charge in [0.2, 0.25) is 0 Å². The normalized spacial score (nSPS) is 9.93. The maximum Gasteiger partial charge on any atom is 0.183 e. The van der Waals surface area contributed by atoms with Crippen LogP contribution in [-0.2, 0) is 0 Å². The van der Waals surface area contributed by atoms with E-state index in [0.29, 0.717) is 15.9 Å². The van der Waals surface area contributed by atoms with E-state index in [1.54, 1.807) is 19.3 Å². The summed E-state index contributed by atoms with van der Waals surface area (Å²) in [6.07, 6.45) is 1.58. The van der Waals surface area contributed by atoms with Crippen LogP contribution >= 0.6 is 15.9 Å². The van der Waals surface area contributed by atoms with Gasteiger partial charge in [-0.05, 0) is 29.0 Å². The van der Waals surface area contributed by atoms with Crippen LogP contribution in [0.1, 0.15) is 10.4 Å². The summed E-state index contributed by atoms with van der Waals surface area (Å²) in [5, 5.41) is 2.79. The second-order valence-electron chi connectivity index (χ2n) is 2.63. The highest BCUT2D eigenvalue weighted by atomic mass is 79.9. The minimum Gasteiger partial charge on any atom is -0.496 e. The standard InChI is InChI=1S/C9H11BrN2O2/c1-11-5-6(13)8-7(14-2)3-4-12-9(8)10/h3-4,11H,5H2,1-2H3. The van der Waals surface area contributed by atoms with Crippen molar-refractivity contribution in [1.29, 1.82) is 0 Å². The van der Waals surface area contributed by atoms with Gasteiger partial charge >= 0.3 is 0 Å². The molecule has 0 aromatic carbocycles. The summed E-state index contributed by atoms with van der Waals surface area (Å²) >= 11 is 3.22. The first-order valence-corrected chi connectivity index (χ1v) is 4.86. The molecule has 1 heterocycles. The summed E-state index contributed by atoms with van der Waals surface area (Å²) in [6.45, 7) is 0.265. The number of halogens is 1. The Morgan fingerprint density at radius 2 is 2.43 bits per heavy atom. The number of rotatable bonds is 4. The van der Waals surface area contributed by atoms with E-state index in [1.807, 2.05) is 0 Å². The SMILES string of the molecule is CNCC(=O)c1c(OC)ccnc1Br. The van der Waals surface area contributed by atoms with Crippen molar-refractivity contribution in [1.82, 2.24) is 10.3 Å². The molecule has 0 radical (unpaired) electrons. The van der Waals surface area contributed by atoms with Crippen molar-refractivity contribution in [3.8, 4) is 5.75 Å². The molecule has 0 aliphatic rings. The molecule has 76 valence electrons. The van der Waals surface area contributed by atoms with E-state index in [2.05, 4.69) is 26.2 Å². The van der Waals surface area contributed by atoms with Crippen LogP contribution in [0.3, 0.4) is 0 Å². The number of hydrogen-bond acceptors (Lipinski definition) is 4. The first-order valence-electron chi connectivity index (χ1n) is 4.07. The van der Waals surface area contributed by atoms with Crippen LogP contribution in [0, 0.1) is 0 Å². The molecule has 0 unspecified atom stereocenters. The number of aromatic nitrogens is 1. The van der Waals surface area contributed by atoms with E-state index in [1.165, 1.54) is 7.11 Å². The molecule has 0 aliphatic carbocycles. The summed E-state index contributed by atoms with van der Waals surface area (Å²) in [7, 11) is 3.24. The Balaban J connectivity index is 3.10. The second kappa shape index (κ2) is 5.07. The fourth-order valence-electron chi connectivity index (χ4n) is 1.09. The third-order valence-electron chi connectivity index (χ3n) is 1.70. The molecule has 0 atom stereocenters. The largest absolute Gasteiger partial charge is 0.496 e. The monoisotopic (exact) mass is 258 g/mol. The summed E-state index contributed by atoms with van der Waals surface area (Å²) in [4.78, 5) is 15.6. The van der Waals surface area contributed by atoms with Gasteiger partial charge in [-0.15, -0.1) is 0 Å². The van der Waals surface area contributed by atoms with E-state index in [0.717, 1.165) is 0 Å². The predicted octanol–water partition coefficient (Wildman–Crippen LogP) is 1.25. The number of ether oxygens (including phenoxy) is 1. The molecular formula is C9H11BrN2O2. The number of pyridine rings is 1. The van der Waals surface area contributed by atoms with Crippen molar-refractivity contribution >= 4 is 21.7 Å². The molecule has 14 heavy (non-hydrogen) atoms. The smallest absolute Gasteiger partial charge is 0.183 e. The Kier molecular flexibility index (Phi) is 4.03. The summed E-state index contributed by atoms with van der Waals surface area (Å²) in [5.41, 5.74) is 0.476. The number of carbonyl (C=O) groups is 1. The quantitative estimate of drug-likeness (QED) is 0.653. The average molecular weight is 259 g/mol. The van der Waals surface area contributed by atoms with Crippen molar-refractivity contribution in [2.24, 2.45) is 0 Å². The van der Waals surface area contributed by atoms with Crippen LogP contribution in [0.25, 0.3) is 0 Å². The zero-order chi connectivity index (χ0) is 10.6. The maximum atomic E-state index is 11.6. The Bertz CT molecular complexity index is 342. The van der Waals surface area contributed by atoms with Crippen molar-refractivity contribution in [2.45, 2.75) is 0 Å². The fraction of sp³-hybridized carbons (Fsp3) is 0.333. The Labute approximate surface area is 90.8 Å². The Morgan fingerprint density at radius 3 is 3.00 bits per heavy atom. The molecule has 0 saturated carbocycles. The van der Waals surface area contributed by atoms with Crippen LogP contribution in [-0.4, -0.2) is 31.5 Å². The highest BCUT2D eigenvalue weighted by molar-refractivity contribution is 9.10. The van der Waals surface area contributed by atoms with E-state index in [4.69, 9.17) is 4.74 Å². The molecule has 0 saturated heterocycles. The molecule has 1 aromatic heterocycles. The summed E-state index contributed by atoms with van der Waals surface area (Å²) in [5.74, 6) is 0.483. The highest BCUT2D eigenvalue weighted by Gasteiger charge is 2.15. The van der Waals surface area contributed by atoms with Crippen LogP contribution in [0.15, 0.2) is 16.9 Å². The third kappa shape index (κ3) is 2.30. The topological polar surface area (TPSA) is 51.2 Å². The van der Waals surface area contributed by atoms with Gasteiger partial charge in [-0.2, -0.15) is 0 Å². The van der Waals surface area contributed by atoms with E-state index in [9.17, 15) is 4.79 Å². The maximum absolute atomic E-state index is 11.6. The second-order valence-corrected chi connectivity index (χ2v) is 3.38. The first-order chi connectivity index (χ1) is 6.70. The lowest BCUT2D eigenvalue weighted by atomic mass is 10.2. The van der Waals surface area contributed by atoms with Crippen molar-refractivity contribution in [3.63, 3.8) is 0 Å². The van der Waals surface area contributed by atoms with Gasteiger partial charge < -0.3 is 10.1 Å². The Hall–Kier alpha value is -0.940. The lowest BCUT2D eigenvalue weighted by Crippen LogP contribution is -2.19. The average Bonchev–Trinajstić information content (AvgIpc) is 2.17. The van der Waals surface area contributed by atoms with E-state index >= 15 is 0 Å². The minimum absolute atomic E-state index is 0.0516. The van der Waals surface area contributed by atoms with Gasteiger partial charge in [0, 0.05) is 6.20 Å². The number of ketones is 1. The van der Waals surface area contributed by atoms with Gasteiger partial charge in [0.05, 0.1) is 19.2 Å². The number of nitrogens with zero attached hydrogens (tertiary/aromatic N) is 1. The molecule has 4 nitrogen and oxygen atoms in total. The molecular weight excluding hydrogens is 248 g/mol. The van der Waals surface area contributed by atoms with Crippen LogP contribution in [0.2, 0.25) is 0 Å². The van der Waals surface area contributed by atoms with E-state index in [-0.39, 0.29) is 12.3 Å². The van der Waals surface area contributed by atoms with Gasteiger partial charge in [0.1, 0.15) is 10.4 Å². The van der Waals surface area contributed by atoms with Crippen LogP contribution in [0.5, 0.6) is 5.75 Å².